The molecule has 0 atom stereocenters. The predicted molar refractivity (Wildman–Crippen MR) is 78.0 cm³/mol. The number of aromatic nitrogens is 2. The van der Waals surface area contributed by atoms with Gasteiger partial charge in [0.2, 0.25) is 0 Å². The molecule has 0 aliphatic rings. The van der Waals surface area contributed by atoms with E-state index in [9.17, 15) is 9.59 Å². The molecule has 1 heterocycles. The molecule has 6 nitrogen and oxygen atoms in total. The maximum Gasteiger partial charge on any atom is 0.271 e. The quantitative estimate of drug-likeness (QED) is 0.853. The highest BCUT2D eigenvalue weighted by molar-refractivity contribution is 5.91. The van der Waals surface area contributed by atoms with Gasteiger partial charge in [-0.15, -0.1) is 0 Å². The van der Waals surface area contributed by atoms with Gasteiger partial charge < -0.3 is 10.1 Å². The third-order valence-corrected chi connectivity index (χ3v) is 2.90. The highest BCUT2D eigenvalue weighted by Gasteiger charge is 2.09. The maximum atomic E-state index is 12.0. The van der Waals surface area contributed by atoms with Crippen molar-refractivity contribution >= 4 is 5.91 Å². The zero-order valence-electron chi connectivity index (χ0n) is 11.8. The number of nitrogens with zero attached hydrogens (tertiary/aromatic N) is 2. The highest BCUT2D eigenvalue weighted by Crippen LogP contribution is 1.98. The minimum atomic E-state index is -0.315. The Morgan fingerprint density at radius 2 is 2.00 bits per heavy atom. The lowest BCUT2D eigenvalue weighted by Gasteiger charge is -2.07. The molecule has 0 saturated heterocycles. The molecule has 1 aromatic carbocycles. The molecular weight excluding hydrogens is 270 g/mol. The largest absolute Gasteiger partial charge is 0.383 e. The second-order valence-corrected chi connectivity index (χ2v) is 4.44. The van der Waals surface area contributed by atoms with Crippen LogP contribution < -0.4 is 10.9 Å². The average Bonchev–Trinajstić information content (AvgIpc) is 2.53. The van der Waals surface area contributed by atoms with Crippen molar-refractivity contribution in [2.24, 2.45) is 0 Å². The van der Waals surface area contributed by atoms with Crippen molar-refractivity contribution in [2.45, 2.75) is 13.1 Å². The molecule has 0 aliphatic carbocycles. The molecule has 6 heteroatoms. The topological polar surface area (TPSA) is 73.2 Å². The first kappa shape index (κ1) is 14.9. The Bertz CT molecular complexity index is 653. The molecule has 1 N–H and O–H groups in total. The van der Waals surface area contributed by atoms with Gasteiger partial charge in [0.1, 0.15) is 5.69 Å². The first-order valence-corrected chi connectivity index (χ1v) is 6.60. The van der Waals surface area contributed by atoms with E-state index in [0.717, 1.165) is 5.56 Å². The molecule has 110 valence electrons. The number of hydrogen-bond acceptors (Lipinski definition) is 4. The van der Waals surface area contributed by atoms with Crippen LogP contribution in [-0.4, -0.2) is 29.4 Å². The summed E-state index contributed by atoms with van der Waals surface area (Å²) < 4.78 is 6.13. The number of carbonyl (C=O) groups is 1. The molecule has 1 amide bonds. The summed E-state index contributed by atoms with van der Waals surface area (Å²) in [5.41, 5.74) is 0.951. The molecule has 0 bridgehead atoms. The lowest BCUT2D eigenvalue weighted by atomic mass is 10.2. The Morgan fingerprint density at radius 1 is 1.24 bits per heavy atom. The van der Waals surface area contributed by atoms with Crippen molar-refractivity contribution < 1.29 is 9.53 Å². The van der Waals surface area contributed by atoms with Crippen molar-refractivity contribution in [3.8, 4) is 0 Å². The van der Waals surface area contributed by atoms with Crippen molar-refractivity contribution in [2.75, 3.05) is 13.7 Å². The SMILES string of the molecule is COCCn1nc(C(=O)NCc2ccccc2)ccc1=O. The summed E-state index contributed by atoms with van der Waals surface area (Å²) in [6.07, 6.45) is 0. The number of carbonyl (C=O) groups excluding carboxylic acids is 1. The molecule has 2 aromatic rings. The summed E-state index contributed by atoms with van der Waals surface area (Å²) in [4.78, 5) is 23.6. The summed E-state index contributed by atoms with van der Waals surface area (Å²) in [6.45, 7) is 1.09. The molecule has 2 rings (SSSR count). The maximum absolute atomic E-state index is 12.0. The van der Waals surface area contributed by atoms with Gasteiger partial charge in [-0.2, -0.15) is 5.10 Å². The molecule has 0 aliphatic heterocycles. The molecule has 21 heavy (non-hydrogen) atoms. The van der Waals surface area contributed by atoms with Crippen LogP contribution in [0.15, 0.2) is 47.3 Å². The van der Waals surface area contributed by atoms with Crippen LogP contribution in [0.1, 0.15) is 16.1 Å². The van der Waals surface area contributed by atoms with Gasteiger partial charge in [0.25, 0.3) is 11.5 Å². The first-order chi connectivity index (χ1) is 10.2. The van der Waals surface area contributed by atoms with Crippen LogP contribution in [-0.2, 0) is 17.8 Å². The molecule has 0 radical (unpaired) electrons. The smallest absolute Gasteiger partial charge is 0.271 e. The average molecular weight is 287 g/mol. The number of nitrogens with one attached hydrogen (secondary N) is 1. The predicted octanol–water partition coefficient (Wildman–Crippen LogP) is 0.820. The number of rotatable bonds is 6. The summed E-state index contributed by atoms with van der Waals surface area (Å²) in [7, 11) is 1.54. The van der Waals surface area contributed by atoms with E-state index in [-0.39, 0.29) is 17.2 Å². The third kappa shape index (κ3) is 4.25. The van der Waals surface area contributed by atoms with Gasteiger partial charge in [0.15, 0.2) is 0 Å². The van der Waals surface area contributed by atoms with Crippen molar-refractivity contribution in [1.82, 2.24) is 15.1 Å². The zero-order chi connectivity index (χ0) is 15.1. The minimum Gasteiger partial charge on any atom is -0.383 e. The fourth-order valence-electron chi connectivity index (χ4n) is 1.78. The number of amides is 1. The van der Waals surface area contributed by atoms with Gasteiger partial charge in [-0.1, -0.05) is 30.3 Å². The van der Waals surface area contributed by atoms with E-state index in [1.54, 1.807) is 7.11 Å². The first-order valence-electron chi connectivity index (χ1n) is 6.60. The van der Waals surface area contributed by atoms with E-state index < -0.39 is 0 Å². The lowest BCUT2D eigenvalue weighted by molar-refractivity contribution is 0.0942. The van der Waals surface area contributed by atoms with Gasteiger partial charge in [-0.25, -0.2) is 4.68 Å². The van der Waals surface area contributed by atoms with Gasteiger partial charge in [0, 0.05) is 19.7 Å². The Balaban J connectivity index is 2.03. The Hall–Kier alpha value is -2.47. The normalized spacial score (nSPS) is 10.3. The fourth-order valence-corrected chi connectivity index (χ4v) is 1.78. The number of hydrogen-bond donors (Lipinski definition) is 1. The molecule has 0 saturated carbocycles. The standard InChI is InChI=1S/C15H17N3O3/c1-21-10-9-18-14(19)8-7-13(17-18)15(20)16-11-12-5-3-2-4-6-12/h2-8H,9-11H2,1H3,(H,16,20). The number of benzene rings is 1. The van der Waals surface area contributed by atoms with Crippen LogP contribution in [0, 0.1) is 0 Å². The third-order valence-electron chi connectivity index (χ3n) is 2.90. The van der Waals surface area contributed by atoms with Crippen molar-refractivity contribution in [3.63, 3.8) is 0 Å². The van der Waals surface area contributed by atoms with Gasteiger partial charge in [-0.05, 0) is 11.6 Å². The fraction of sp³-hybridized carbons (Fsp3) is 0.267. The Kier molecular flexibility index (Phi) is 5.22. The summed E-state index contributed by atoms with van der Waals surface area (Å²) >= 11 is 0. The van der Waals surface area contributed by atoms with Crippen LogP contribution >= 0.6 is 0 Å². The van der Waals surface area contributed by atoms with Crippen LogP contribution in [0.2, 0.25) is 0 Å². The summed E-state index contributed by atoms with van der Waals surface area (Å²) in [5, 5.41) is 6.80. The summed E-state index contributed by atoms with van der Waals surface area (Å²) in [5.74, 6) is -0.315. The van der Waals surface area contributed by atoms with Crippen LogP contribution in [0.5, 0.6) is 0 Å². The summed E-state index contributed by atoms with van der Waals surface area (Å²) in [6, 6.07) is 12.3. The molecule has 0 spiro atoms. The van der Waals surface area contributed by atoms with E-state index in [2.05, 4.69) is 10.4 Å². The second-order valence-electron chi connectivity index (χ2n) is 4.44. The second kappa shape index (κ2) is 7.35. The van der Waals surface area contributed by atoms with Gasteiger partial charge in [-0.3, -0.25) is 9.59 Å². The number of ether oxygens (including phenoxy) is 1. The Morgan fingerprint density at radius 3 is 2.71 bits per heavy atom. The highest BCUT2D eigenvalue weighted by atomic mass is 16.5. The molecule has 1 aromatic heterocycles. The zero-order valence-corrected chi connectivity index (χ0v) is 11.8. The molecular formula is C15H17N3O3. The number of methoxy groups -OCH3 is 1. The van der Waals surface area contributed by atoms with Crippen molar-refractivity contribution in [3.05, 3.63) is 64.1 Å². The molecule has 0 fully saturated rings. The monoisotopic (exact) mass is 287 g/mol. The lowest BCUT2D eigenvalue weighted by Crippen LogP contribution is -2.30. The van der Waals surface area contributed by atoms with E-state index >= 15 is 0 Å². The molecule has 0 unspecified atom stereocenters. The van der Waals surface area contributed by atoms with Crippen LogP contribution in [0.4, 0.5) is 0 Å². The van der Waals surface area contributed by atoms with E-state index in [1.165, 1.54) is 16.8 Å². The van der Waals surface area contributed by atoms with E-state index in [4.69, 9.17) is 4.74 Å². The van der Waals surface area contributed by atoms with Crippen LogP contribution in [0.3, 0.4) is 0 Å². The minimum absolute atomic E-state index is 0.210. The van der Waals surface area contributed by atoms with Crippen LogP contribution in [0.25, 0.3) is 0 Å². The van der Waals surface area contributed by atoms with E-state index in [1.807, 2.05) is 30.3 Å². The van der Waals surface area contributed by atoms with Gasteiger partial charge in [0.05, 0.1) is 13.2 Å². The van der Waals surface area contributed by atoms with E-state index in [0.29, 0.717) is 19.7 Å². The van der Waals surface area contributed by atoms with Crippen molar-refractivity contribution in [1.29, 1.82) is 0 Å². The van der Waals surface area contributed by atoms with Gasteiger partial charge >= 0.3 is 0 Å². The Labute approximate surface area is 122 Å².